The second-order valence-corrected chi connectivity index (χ2v) is 5.42. The maximum Gasteiger partial charge on any atom is 0.0492 e. The monoisotopic (exact) mass is 291 g/mol. The molecule has 0 saturated carbocycles. The summed E-state index contributed by atoms with van der Waals surface area (Å²) in [6.07, 6.45) is 3.93. The molecule has 3 nitrogen and oxygen atoms in total. The van der Waals surface area contributed by atoms with E-state index in [0.29, 0.717) is 5.92 Å². The Kier molecular flexibility index (Phi) is 5.62. The van der Waals surface area contributed by atoms with Crippen LogP contribution in [0.4, 0.5) is 0 Å². The van der Waals surface area contributed by atoms with Crippen LogP contribution >= 0.6 is 11.6 Å². The summed E-state index contributed by atoms with van der Waals surface area (Å²) in [6, 6.07) is 10.2. The van der Waals surface area contributed by atoms with E-state index in [1.165, 1.54) is 11.3 Å². The highest BCUT2D eigenvalue weighted by atomic mass is 35.5. The Morgan fingerprint density at radius 3 is 2.75 bits per heavy atom. The lowest BCUT2D eigenvalue weighted by atomic mass is 9.93. The third-order valence-corrected chi connectivity index (χ3v) is 4.00. The van der Waals surface area contributed by atoms with Gasteiger partial charge in [-0.2, -0.15) is 5.10 Å². The molecule has 1 atom stereocenters. The van der Waals surface area contributed by atoms with Gasteiger partial charge < -0.3 is 5.32 Å². The molecule has 1 heterocycles. The average Bonchev–Trinajstić information content (AvgIpc) is 2.86. The van der Waals surface area contributed by atoms with E-state index in [-0.39, 0.29) is 0 Å². The van der Waals surface area contributed by atoms with E-state index >= 15 is 0 Å². The molecule has 0 radical (unpaired) electrons. The molecule has 1 unspecified atom stereocenters. The Morgan fingerprint density at radius 1 is 1.30 bits per heavy atom. The largest absolute Gasteiger partial charge is 0.316 e. The SMILES string of the molecule is CCNCC(CCc1ccnn1C)c1ccccc1Cl. The van der Waals surface area contributed by atoms with E-state index in [9.17, 15) is 0 Å². The van der Waals surface area contributed by atoms with E-state index in [1.54, 1.807) is 0 Å². The highest BCUT2D eigenvalue weighted by Crippen LogP contribution is 2.27. The summed E-state index contributed by atoms with van der Waals surface area (Å²) in [4.78, 5) is 0. The van der Waals surface area contributed by atoms with Crippen molar-refractivity contribution in [2.24, 2.45) is 7.05 Å². The summed E-state index contributed by atoms with van der Waals surface area (Å²) in [5.74, 6) is 0.429. The number of likely N-dealkylation sites (N-methyl/N-ethyl adjacent to an activating group) is 1. The fourth-order valence-corrected chi connectivity index (χ4v) is 2.75. The van der Waals surface area contributed by atoms with Crippen molar-refractivity contribution in [2.75, 3.05) is 13.1 Å². The summed E-state index contributed by atoms with van der Waals surface area (Å²) >= 11 is 6.34. The van der Waals surface area contributed by atoms with Gasteiger partial charge in [0, 0.05) is 30.5 Å². The number of aromatic nitrogens is 2. The van der Waals surface area contributed by atoms with Gasteiger partial charge in [0.15, 0.2) is 0 Å². The molecular weight excluding hydrogens is 270 g/mol. The molecule has 4 heteroatoms. The van der Waals surface area contributed by atoms with Gasteiger partial charge in [-0.3, -0.25) is 4.68 Å². The number of halogens is 1. The minimum absolute atomic E-state index is 0.429. The van der Waals surface area contributed by atoms with Crippen molar-refractivity contribution in [1.29, 1.82) is 0 Å². The van der Waals surface area contributed by atoms with Gasteiger partial charge in [-0.15, -0.1) is 0 Å². The number of hydrogen-bond acceptors (Lipinski definition) is 2. The molecule has 0 aliphatic heterocycles. The fraction of sp³-hybridized carbons (Fsp3) is 0.438. The van der Waals surface area contributed by atoms with Gasteiger partial charge in [-0.25, -0.2) is 0 Å². The van der Waals surface area contributed by atoms with Crippen molar-refractivity contribution in [1.82, 2.24) is 15.1 Å². The zero-order chi connectivity index (χ0) is 14.4. The third-order valence-electron chi connectivity index (χ3n) is 3.66. The van der Waals surface area contributed by atoms with Gasteiger partial charge >= 0.3 is 0 Å². The average molecular weight is 292 g/mol. The molecule has 108 valence electrons. The molecule has 1 N–H and O–H groups in total. The Morgan fingerprint density at radius 2 is 2.10 bits per heavy atom. The van der Waals surface area contributed by atoms with Gasteiger partial charge in [-0.1, -0.05) is 36.7 Å². The predicted molar refractivity (Wildman–Crippen MR) is 84.3 cm³/mol. The van der Waals surface area contributed by atoms with Crippen molar-refractivity contribution in [3.8, 4) is 0 Å². The number of nitrogens with one attached hydrogen (secondary N) is 1. The summed E-state index contributed by atoms with van der Waals surface area (Å²) in [5.41, 5.74) is 2.50. The number of benzene rings is 1. The van der Waals surface area contributed by atoms with Crippen LogP contribution in [0.5, 0.6) is 0 Å². The van der Waals surface area contributed by atoms with Crippen LogP contribution in [0.15, 0.2) is 36.5 Å². The van der Waals surface area contributed by atoms with Gasteiger partial charge in [0.05, 0.1) is 0 Å². The Hall–Kier alpha value is -1.32. The number of rotatable bonds is 7. The van der Waals surface area contributed by atoms with Crippen LogP contribution < -0.4 is 5.32 Å². The number of aryl methyl sites for hydroxylation is 2. The highest BCUT2D eigenvalue weighted by Gasteiger charge is 2.15. The first kappa shape index (κ1) is 15.1. The molecule has 0 bridgehead atoms. The fourth-order valence-electron chi connectivity index (χ4n) is 2.46. The molecule has 0 spiro atoms. The third kappa shape index (κ3) is 3.84. The molecule has 0 saturated heterocycles. The van der Waals surface area contributed by atoms with Crippen molar-refractivity contribution in [3.63, 3.8) is 0 Å². The van der Waals surface area contributed by atoms with Crippen LogP contribution in [0.3, 0.4) is 0 Å². The highest BCUT2D eigenvalue weighted by molar-refractivity contribution is 6.31. The standard InChI is InChI=1S/C16H22ClN3/c1-3-18-12-13(15-6-4-5-7-16(15)17)8-9-14-10-11-19-20(14)2/h4-7,10-11,13,18H,3,8-9,12H2,1-2H3. The van der Waals surface area contributed by atoms with Crippen LogP contribution in [0.1, 0.15) is 30.5 Å². The van der Waals surface area contributed by atoms with E-state index in [0.717, 1.165) is 31.0 Å². The maximum atomic E-state index is 6.34. The van der Waals surface area contributed by atoms with Crippen LogP contribution in [0.25, 0.3) is 0 Å². The number of nitrogens with zero attached hydrogens (tertiary/aromatic N) is 2. The van der Waals surface area contributed by atoms with Gasteiger partial charge in [0.2, 0.25) is 0 Å². The minimum atomic E-state index is 0.429. The zero-order valence-electron chi connectivity index (χ0n) is 12.1. The second-order valence-electron chi connectivity index (χ2n) is 5.01. The second kappa shape index (κ2) is 7.46. The first-order chi connectivity index (χ1) is 9.72. The summed E-state index contributed by atoms with van der Waals surface area (Å²) in [6.45, 7) is 4.07. The summed E-state index contributed by atoms with van der Waals surface area (Å²) < 4.78 is 1.94. The Bertz CT molecular complexity index is 536. The van der Waals surface area contributed by atoms with Gasteiger partial charge in [-0.05, 0) is 43.0 Å². The van der Waals surface area contributed by atoms with Crippen LogP contribution in [-0.4, -0.2) is 22.9 Å². The molecular formula is C16H22ClN3. The molecule has 20 heavy (non-hydrogen) atoms. The van der Waals surface area contributed by atoms with Crippen LogP contribution in [0.2, 0.25) is 5.02 Å². The Labute approximate surface area is 126 Å². The topological polar surface area (TPSA) is 29.9 Å². The van der Waals surface area contributed by atoms with Crippen LogP contribution in [0, 0.1) is 0 Å². The number of hydrogen-bond donors (Lipinski definition) is 1. The molecule has 0 aliphatic carbocycles. The minimum Gasteiger partial charge on any atom is -0.316 e. The van der Waals surface area contributed by atoms with E-state index in [1.807, 2.05) is 30.1 Å². The van der Waals surface area contributed by atoms with Crippen molar-refractivity contribution in [2.45, 2.75) is 25.7 Å². The molecule has 0 aliphatic rings. The zero-order valence-corrected chi connectivity index (χ0v) is 12.9. The van der Waals surface area contributed by atoms with Gasteiger partial charge in [0.25, 0.3) is 0 Å². The van der Waals surface area contributed by atoms with E-state index in [4.69, 9.17) is 11.6 Å². The maximum absolute atomic E-state index is 6.34. The predicted octanol–water partition coefficient (Wildman–Crippen LogP) is 3.40. The van der Waals surface area contributed by atoms with Crippen LogP contribution in [-0.2, 0) is 13.5 Å². The summed E-state index contributed by atoms with van der Waals surface area (Å²) in [5, 5.41) is 8.52. The van der Waals surface area contributed by atoms with E-state index < -0.39 is 0 Å². The molecule has 1 aromatic heterocycles. The first-order valence-corrected chi connectivity index (χ1v) is 7.52. The van der Waals surface area contributed by atoms with Crippen molar-refractivity contribution >= 4 is 11.6 Å². The summed E-state index contributed by atoms with van der Waals surface area (Å²) in [7, 11) is 1.99. The normalized spacial score (nSPS) is 12.6. The molecule has 0 amide bonds. The molecule has 0 fully saturated rings. The van der Waals surface area contributed by atoms with Crippen molar-refractivity contribution in [3.05, 3.63) is 52.8 Å². The quantitative estimate of drug-likeness (QED) is 0.847. The lowest BCUT2D eigenvalue weighted by Gasteiger charge is -2.19. The van der Waals surface area contributed by atoms with Gasteiger partial charge in [0.1, 0.15) is 0 Å². The molecule has 2 rings (SSSR count). The lowest BCUT2D eigenvalue weighted by Crippen LogP contribution is -2.22. The first-order valence-electron chi connectivity index (χ1n) is 7.14. The molecule has 2 aromatic rings. The van der Waals surface area contributed by atoms with E-state index in [2.05, 4.69) is 35.5 Å². The smallest absolute Gasteiger partial charge is 0.0492 e. The van der Waals surface area contributed by atoms with Crippen molar-refractivity contribution < 1.29 is 0 Å². The Balaban J connectivity index is 2.08. The lowest BCUT2D eigenvalue weighted by molar-refractivity contribution is 0.549. The molecule has 1 aromatic carbocycles.